The van der Waals surface area contributed by atoms with Gasteiger partial charge in [-0.15, -0.1) is 0 Å². The lowest BCUT2D eigenvalue weighted by Crippen LogP contribution is -2.28. The maximum Gasteiger partial charge on any atom is 0.366 e. The molecule has 0 aliphatic rings. The number of hydrogen-bond donors (Lipinski definition) is 0. The Bertz CT molecular complexity index is 266. The van der Waals surface area contributed by atoms with Crippen LogP contribution in [0.5, 0.6) is 0 Å². The second-order valence-electron chi connectivity index (χ2n) is 3.50. The monoisotopic (exact) mass is 230 g/mol. The summed E-state index contributed by atoms with van der Waals surface area (Å²) < 4.78 is 4.31. The number of rotatable bonds is 6. The van der Waals surface area contributed by atoms with Crippen molar-refractivity contribution in [1.82, 2.24) is 0 Å². The van der Waals surface area contributed by atoms with Crippen LogP contribution in [0.2, 0.25) is 0 Å². The number of ether oxygens (including phenoxy) is 1. The highest BCUT2D eigenvalue weighted by atomic mass is 17.2. The predicted molar refractivity (Wildman–Crippen MR) is 57.3 cm³/mol. The molecule has 0 spiro atoms. The molecule has 0 aliphatic carbocycles. The molecule has 0 aliphatic heterocycles. The molecule has 0 rings (SSSR count). The largest absolute Gasteiger partial charge is 0.466 e. The van der Waals surface area contributed by atoms with Crippen LogP contribution in [-0.2, 0) is 24.1 Å². The third kappa shape index (κ3) is 5.50. The third-order valence-electron chi connectivity index (χ3n) is 2.38. The van der Waals surface area contributed by atoms with Gasteiger partial charge < -0.3 is 4.74 Å². The summed E-state index contributed by atoms with van der Waals surface area (Å²) in [6.45, 7) is 5.70. The molecule has 0 fully saturated rings. The summed E-state index contributed by atoms with van der Waals surface area (Å²) in [5.74, 6) is -1.36. The molecule has 16 heavy (non-hydrogen) atoms. The minimum atomic E-state index is -0.737. The topological polar surface area (TPSA) is 61.8 Å². The smallest absolute Gasteiger partial charge is 0.366 e. The van der Waals surface area contributed by atoms with E-state index < -0.39 is 17.5 Å². The molecule has 0 heterocycles. The van der Waals surface area contributed by atoms with Gasteiger partial charge in [0.15, 0.2) is 0 Å². The molecule has 0 amide bonds. The van der Waals surface area contributed by atoms with Crippen molar-refractivity contribution in [2.45, 2.75) is 39.2 Å². The molecular formula is C11H18O5. The van der Waals surface area contributed by atoms with Crippen LogP contribution in [0.15, 0.2) is 12.2 Å². The van der Waals surface area contributed by atoms with Crippen LogP contribution in [0.3, 0.4) is 0 Å². The van der Waals surface area contributed by atoms with Gasteiger partial charge in [0.25, 0.3) is 0 Å². The van der Waals surface area contributed by atoms with E-state index in [4.69, 9.17) is 4.89 Å². The molecule has 0 saturated heterocycles. The van der Waals surface area contributed by atoms with Crippen molar-refractivity contribution < 1.29 is 24.1 Å². The lowest BCUT2D eigenvalue weighted by molar-refractivity contribution is -0.327. The predicted octanol–water partition coefficient (Wildman–Crippen LogP) is 1.77. The quantitative estimate of drug-likeness (QED) is 0.301. The summed E-state index contributed by atoms with van der Waals surface area (Å²) >= 11 is 0. The molecule has 0 atom stereocenters. The van der Waals surface area contributed by atoms with Gasteiger partial charge >= 0.3 is 11.9 Å². The van der Waals surface area contributed by atoms with Crippen LogP contribution in [0.1, 0.15) is 33.6 Å². The number of carbonyl (C=O) groups is 2. The van der Waals surface area contributed by atoms with Crippen LogP contribution in [0.25, 0.3) is 0 Å². The maximum atomic E-state index is 11.1. The molecule has 0 aromatic rings. The van der Waals surface area contributed by atoms with Gasteiger partial charge in [0.1, 0.15) is 5.60 Å². The molecule has 0 N–H and O–H groups in total. The SMILES string of the molecule is CCC(C)(CC)OOC(=O)/C=C/C(=O)OC. The van der Waals surface area contributed by atoms with E-state index in [9.17, 15) is 9.59 Å². The summed E-state index contributed by atoms with van der Waals surface area (Å²) in [5, 5.41) is 0. The average molecular weight is 230 g/mol. The molecule has 0 bridgehead atoms. The zero-order valence-electron chi connectivity index (χ0n) is 10.1. The van der Waals surface area contributed by atoms with E-state index in [0.717, 1.165) is 25.0 Å². The van der Waals surface area contributed by atoms with Crippen molar-refractivity contribution in [3.63, 3.8) is 0 Å². The Hall–Kier alpha value is -1.36. The normalized spacial score (nSPS) is 11.5. The lowest BCUT2D eigenvalue weighted by Gasteiger charge is -2.23. The Morgan fingerprint density at radius 2 is 1.62 bits per heavy atom. The van der Waals surface area contributed by atoms with Crippen molar-refractivity contribution in [2.24, 2.45) is 0 Å². The number of esters is 1. The summed E-state index contributed by atoms with van der Waals surface area (Å²) in [5.41, 5.74) is -0.491. The van der Waals surface area contributed by atoms with Crippen molar-refractivity contribution in [1.29, 1.82) is 0 Å². The van der Waals surface area contributed by atoms with Crippen molar-refractivity contribution in [3.05, 3.63) is 12.2 Å². The first kappa shape index (κ1) is 14.6. The van der Waals surface area contributed by atoms with E-state index in [2.05, 4.69) is 9.62 Å². The first-order valence-corrected chi connectivity index (χ1v) is 5.13. The molecule has 5 nitrogen and oxygen atoms in total. The molecule has 92 valence electrons. The maximum absolute atomic E-state index is 11.1. The van der Waals surface area contributed by atoms with E-state index in [1.807, 2.05) is 20.8 Å². The van der Waals surface area contributed by atoms with Crippen LogP contribution in [0, 0.1) is 0 Å². The Morgan fingerprint density at radius 1 is 1.12 bits per heavy atom. The molecule has 0 saturated carbocycles. The summed E-state index contributed by atoms with van der Waals surface area (Å²) in [7, 11) is 1.22. The Morgan fingerprint density at radius 3 is 2.06 bits per heavy atom. The van der Waals surface area contributed by atoms with Gasteiger partial charge in [-0.05, 0) is 19.8 Å². The zero-order valence-corrected chi connectivity index (χ0v) is 10.1. The van der Waals surface area contributed by atoms with Gasteiger partial charge in [0.2, 0.25) is 0 Å². The minimum absolute atomic E-state index is 0.491. The van der Waals surface area contributed by atoms with E-state index in [-0.39, 0.29) is 0 Å². The van der Waals surface area contributed by atoms with Gasteiger partial charge in [-0.25, -0.2) is 9.59 Å². The Labute approximate surface area is 95.3 Å². The summed E-state index contributed by atoms with van der Waals surface area (Å²) in [6.07, 6.45) is 3.37. The highest BCUT2D eigenvalue weighted by Gasteiger charge is 2.23. The summed E-state index contributed by atoms with van der Waals surface area (Å²) in [6, 6.07) is 0. The van der Waals surface area contributed by atoms with Gasteiger partial charge in [0, 0.05) is 12.2 Å². The van der Waals surface area contributed by atoms with Gasteiger partial charge in [0.05, 0.1) is 7.11 Å². The van der Waals surface area contributed by atoms with Crippen LogP contribution in [-0.4, -0.2) is 24.6 Å². The molecule has 0 unspecified atom stereocenters. The van der Waals surface area contributed by atoms with Gasteiger partial charge in [-0.2, -0.15) is 4.89 Å². The molecule has 0 aromatic carbocycles. The van der Waals surface area contributed by atoms with E-state index in [1.165, 1.54) is 7.11 Å². The van der Waals surface area contributed by atoms with Crippen molar-refractivity contribution in [2.75, 3.05) is 7.11 Å². The number of carbonyl (C=O) groups excluding carboxylic acids is 2. The van der Waals surface area contributed by atoms with E-state index in [1.54, 1.807) is 0 Å². The highest BCUT2D eigenvalue weighted by molar-refractivity contribution is 5.91. The van der Waals surface area contributed by atoms with Gasteiger partial charge in [-0.1, -0.05) is 13.8 Å². The number of methoxy groups -OCH3 is 1. The third-order valence-corrected chi connectivity index (χ3v) is 2.38. The summed E-state index contributed by atoms with van der Waals surface area (Å²) in [4.78, 5) is 31.3. The van der Waals surface area contributed by atoms with Gasteiger partial charge in [-0.3, -0.25) is 4.89 Å². The standard InChI is InChI=1S/C11H18O5/c1-5-11(3,6-2)16-15-10(13)8-7-9(12)14-4/h7-8H,5-6H2,1-4H3/b8-7+. The average Bonchev–Trinajstić information content (AvgIpc) is 2.32. The second-order valence-corrected chi connectivity index (χ2v) is 3.50. The first-order chi connectivity index (χ1) is 7.47. The van der Waals surface area contributed by atoms with Crippen LogP contribution < -0.4 is 0 Å². The fourth-order valence-corrected chi connectivity index (χ4v) is 0.741. The van der Waals surface area contributed by atoms with E-state index in [0.29, 0.717) is 0 Å². The second kappa shape index (κ2) is 7.00. The van der Waals surface area contributed by atoms with Crippen molar-refractivity contribution >= 4 is 11.9 Å². The van der Waals surface area contributed by atoms with E-state index >= 15 is 0 Å². The van der Waals surface area contributed by atoms with Crippen LogP contribution >= 0.6 is 0 Å². The van der Waals surface area contributed by atoms with Crippen LogP contribution in [0.4, 0.5) is 0 Å². The van der Waals surface area contributed by atoms with Crippen molar-refractivity contribution in [3.8, 4) is 0 Å². The number of hydrogen-bond acceptors (Lipinski definition) is 5. The molecule has 0 aromatic heterocycles. The minimum Gasteiger partial charge on any atom is -0.466 e. The Kier molecular flexibility index (Phi) is 6.41. The zero-order chi connectivity index (χ0) is 12.6. The fraction of sp³-hybridized carbons (Fsp3) is 0.636. The Balaban J connectivity index is 4.07. The fourth-order valence-electron chi connectivity index (χ4n) is 0.741. The molecule has 5 heteroatoms. The highest BCUT2D eigenvalue weighted by Crippen LogP contribution is 2.19. The lowest BCUT2D eigenvalue weighted by atomic mass is 10.0. The molecular weight excluding hydrogens is 212 g/mol. The first-order valence-electron chi connectivity index (χ1n) is 5.13. The molecule has 0 radical (unpaired) electrons.